The van der Waals surface area contributed by atoms with Gasteiger partial charge in [0.25, 0.3) is 0 Å². The largest absolute Gasteiger partial charge is 0.314 e. The van der Waals surface area contributed by atoms with Crippen molar-refractivity contribution in [2.24, 2.45) is 0 Å². The Bertz CT molecular complexity index is 416. The first kappa shape index (κ1) is 14.1. The molecule has 19 heavy (non-hydrogen) atoms. The molecule has 4 nitrogen and oxygen atoms in total. The van der Waals surface area contributed by atoms with E-state index < -0.39 is 0 Å². The summed E-state index contributed by atoms with van der Waals surface area (Å²) in [6.45, 7) is 8.21. The fourth-order valence-corrected chi connectivity index (χ4v) is 2.77. The number of aryl methyl sites for hydroxylation is 2. The van der Waals surface area contributed by atoms with Crippen molar-refractivity contribution < 1.29 is 0 Å². The summed E-state index contributed by atoms with van der Waals surface area (Å²) in [5.74, 6) is 2.72. The second-order valence-electron chi connectivity index (χ2n) is 5.37. The number of aromatic nitrogens is 2. The lowest BCUT2D eigenvalue weighted by molar-refractivity contribution is 0.218. The lowest BCUT2D eigenvalue weighted by Gasteiger charge is -2.31. The molecule has 0 aliphatic carbocycles. The minimum absolute atomic E-state index is 0.640. The van der Waals surface area contributed by atoms with Crippen LogP contribution in [0.4, 0.5) is 0 Å². The van der Waals surface area contributed by atoms with Crippen LogP contribution < -0.4 is 5.32 Å². The SMILES string of the molecule is C#CCN1CCC(NCCc2c(C)n[nH]c2C)CC1. The second-order valence-corrected chi connectivity index (χ2v) is 5.37. The number of piperidine rings is 1. The van der Waals surface area contributed by atoms with E-state index in [9.17, 15) is 0 Å². The molecule has 0 amide bonds. The lowest BCUT2D eigenvalue weighted by Crippen LogP contribution is -2.43. The van der Waals surface area contributed by atoms with E-state index in [-0.39, 0.29) is 0 Å². The first-order valence-electron chi connectivity index (χ1n) is 7.10. The highest BCUT2D eigenvalue weighted by molar-refractivity contribution is 5.23. The van der Waals surface area contributed by atoms with Crippen LogP contribution in [0.15, 0.2) is 0 Å². The van der Waals surface area contributed by atoms with Crippen LogP contribution >= 0.6 is 0 Å². The molecule has 0 bridgehead atoms. The summed E-state index contributed by atoms with van der Waals surface area (Å²) < 4.78 is 0. The van der Waals surface area contributed by atoms with Crippen LogP contribution in [-0.2, 0) is 6.42 Å². The number of aromatic amines is 1. The normalized spacial score (nSPS) is 17.5. The molecule has 1 aliphatic rings. The maximum atomic E-state index is 5.34. The lowest BCUT2D eigenvalue weighted by atomic mass is 10.0. The summed E-state index contributed by atoms with van der Waals surface area (Å²) in [5, 5.41) is 10.9. The van der Waals surface area contributed by atoms with Gasteiger partial charge in [0.05, 0.1) is 12.2 Å². The molecule has 0 saturated carbocycles. The summed E-state index contributed by atoms with van der Waals surface area (Å²) >= 11 is 0. The van der Waals surface area contributed by atoms with Crippen molar-refractivity contribution in [3.8, 4) is 12.3 Å². The standard InChI is InChI=1S/C15H24N4/c1-4-9-19-10-6-14(7-11-19)16-8-5-15-12(2)17-18-13(15)3/h1,14,16H,5-11H2,2-3H3,(H,17,18). The van der Waals surface area contributed by atoms with Crippen LogP contribution in [0.25, 0.3) is 0 Å². The molecule has 1 fully saturated rings. The van der Waals surface area contributed by atoms with E-state index >= 15 is 0 Å². The van der Waals surface area contributed by atoms with Crippen LogP contribution in [0.5, 0.6) is 0 Å². The molecule has 1 aromatic heterocycles. The summed E-state index contributed by atoms with van der Waals surface area (Å²) in [6.07, 6.45) is 8.79. The summed E-state index contributed by atoms with van der Waals surface area (Å²) in [4.78, 5) is 2.35. The van der Waals surface area contributed by atoms with Crippen LogP contribution in [0.1, 0.15) is 29.8 Å². The van der Waals surface area contributed by atoms with Gasteiger partial charge >= 0.3 is 0 Å². The van der Waals surface area contributed by atoms with Crippen LogP contribution in [-0.4, -0.2) is 47.3 Å². The number of nitrogens with one attached hydrogen (secondary N) is 2. The zero-order valence-electron chi connectivity index (χ0n) is 12.0. The molecule has 2 N–H and O–H groups in total. The zero-order chi connectivity index (χ0) is 13.7. The van der Waals surface area contributed by atoms with Gasteiger partial charge in [-0.25, -0.2) is 0 Å². The van der Waals surface area contributed by atoms with Gasteiger partial charge in [0, 0.05) is 24.8 Å². The Morgan fingerprint density at radius 2 is 2.16 bits per heavy atom. The van der Waals surface area contributed by atoms with Crippen LogP contribution in [0, 0.1) is 26.2 Å². The summed E-state index contributed by atoms with van der Waals surface area (Å²) in [7, 11) is 0. The Morgan fingerprint density at radius 3 is 2.74 bits per heavy atom. The fraction of sp³-hybridized carbons (Fsp3) is 0.667. The van der Waals surface area contributed by atoms with Crippen molar-refractivity contribution in [1.82, 2.24) is 20.4 Å². The summed E-state index contributed by atoms with van der Waals surface area (Å²) in [6, 6.07) is 0.640. The van der Waals surface area contributed by atoms with Gasteiger partial charge in [-0.05, 0) is 45.2 Å². The van der Waals surface area contributed by atoms with Gasteiger partial charge in [0.1, 0.15) is 0 Å². The Hall–Kier alpha value is -1.31. The van der Waals surface area contributed by atoms with Crippen molar-refractivity contribution >= 4 is 0 Å². The topological polar surface area (TPSA) is 44.0 Å². The molecule has 0 radical (unpaired) electrons. The first-order valence-corrected chi connectivity index (χ1v) is 7.10. The smallest absolute Gasteiger partial charge is 0.0626 e. The molecule has 1 saturated heterocycles. The molecule has 0 unspecified atom stereocenters. The van der Waals surface area contributed by atoms with Crippen molar-refractivity contribution in [1.29, 1.82) is 0 Å². The molecule has 1 aliphatic heterocycles. The third-order valence-corrected chi connectivity index (χ3v) is 3.99. The average molecular weight is 260 g/mol. The van der Waals surface area contributed by atoms with Gasteiger partial charge < -0.3 is 5.32 Å². The molecule has 0 atom stereocenters. The minimum Gasteiger partial charge on any atom is -0.314 e. The van der Waals surface area contributed by atoms with Crippen molar-refractivity contribution in [3.05, 3.63) is 17.0 Å². The highest BCUT2D eigenvalue weighted by atomic mass is 15.1. The molecule has 2 heterocycles. The van der Waals surface area contributed by atoms with Gasteiger partial charge in [-0.1, -0.05) is 5.92 Å². The predicted octanol–water partition coefficient (Wildman–Crippen LogP) is 1.26. The number of nitrogens with zero attached hydrogens (tertiary/aromatic N) is 2. The molecular formula is C15H24N4. The van der Waals surface area contributed by atoms with Crippen molar-refractivity contribution in [3.63, 3.8) is 0 Å². The van der Waals surface area contributed by atoms with Gasteiger partial charge in [-0.3, -0.25) is 10.00 Å². The molecule has 1 aromatic rings. The van der Waals surface area contributed by atoms with E-state index in [4.69, 9.17) is 6.42 Å². The number of likely N-dealkylation sites (tertiary alicyclic amines) is 1. The summed E-state index contributed by atoms with van der Waals surface area (Å²) in [5.41, 5.74) is 3.68. The van der Waals surface area contributed by atoms with Crippen LogP contribution in [0.3, 0.4) is 0 Å². The van der Waals surface area contributed by atoms with Crippen LogP contribution in [0.2, 0.25) is 0 Å². The van der Waals surface area contributed by atoms with Gasteiger partial charge in [0.15, 0.2) is 0 Å². The van der Waals surface area contributed by atoms with Gasteiger partial charge in [0.2, 0.25) is 0 Å². The quantitative estimate of drug-likeness (QED) is 0.783. The van der Waals surface area contributed by atoms with Crippen molar-refractivity contribution in [2.75, 3.05) is 26.2 Å². The highest BCUT2D eigenvalue weighted by Crippen LogP contribution is 2.12. The van der Waals surface area contributed by atoms with E-state index in [1.165, 1.54) is 24.1 Å². The molecule has 0 spiro atoms. The molecule has 4 heteroatoms. The maximum absolute atomic E-state index is 5.34. The van der Waals surface area contributed by atoms with Gasteiger partial charge in [-0.2, -0.15) is 5.10 Å². The third-order valence-electron chi connectivity index (χ3n) is 3.99. The number of hydrogen-bond acceptors (Lipinski definition) is 3. The highest BCUT2D eigenvalue weighted by Gasteiger charge is 2.17. The van der Waals surface area contributed by atoms with E-state index in [0.29, 0.717) is 6.04 Å². The van der Waals surface area contributed by atoms with Gasteiger partial charge in [-0.15, -0.1) is 6.42 Å². The third kappa shape index (κ3) is 3.82. The van der Waals surface area contributed by atoms with E-state index in [1.54, 1.807) is 0 Å². The second kappa shape index (κ2) is 6.74. The fourth-order valence-electron chi connectivity index (χ4n) is 2.77. The molecule has 104 valence electrons. The molecular weight excluding hydrogens is 236 g/mol. The maximum Gasteiger partial charge on any atom is 0.0626 e. The Balaban J connectivity index is 1.69. The number of H-pyrrole nitrogens is 1. The first-order chi connectivity index (χ1) is 9.20. The Labute approximate surface area is 116 Å². The molecule has 2 rings (SSSR count). The zero-order valence-corrected chi connectivity index (χ0v) is 12.0. The Morgan fingerprint density at radius 1 is 1.42 bits per heavy atom. The predicted molar refractivity (Wildman–Crippen MR) is 78.1 cm³/mol. The number of terminal acetylenes is 1. The minimum atomic E-state index is 0.640. The molecule has 0 aromatic carbocycles. The Kier molecular flexibility index (Phi) is 5.00. The number of hydrogen-bond donors (Lipinski definition) is 2. The average Bonchev–Trinajstić information content (AvgIpc) is 2.73. The van der Waals surface area contributed by atoms with E-state index in [0.717, 1.165) is 38.3 Å². The van der Waals surface area contributed by atoms with E-state index in [2.05, 4.69) is 40.2 Å². The van der Waals surface area contributed by atoms with Crippen molar-refractivity contribution in [2.45, 2.75) is 39.2 Å². The van der Waals surface area contributed by atoms with E-state index in [1.807, 2.05) is 0 Å². The number of rotatable bonds is 5. The monoisotopic (exact) mass is 260 g/mol.